The van der Waals surface area contributed by atoms with Crippen LogP contribution in [0, 0.1) is 11.6 Å². The highest BCUT2D eigenvalue weighted by Crippen LogP contribution is 2.12. The molecule has 1 aliphatic rings. The van der Waals surface area contributed by atoms with Crippen molar-refractivity contribution >= 4 is 5.91 Å². The van der Waals surface area contributed by atoms with E-state index in [2.05, 4.69) is 22.3 Å². The lowest BCUT2D eigenvalue weighted by molar-refractivity contribution is -0.0292. The predicted octanol–water partition coefficient (Wildman–Crippen LogP) is 2.60. The van der Waals surface area contributed by atoms with Gasteiger partial charge >= 0.3 is 0 Å². The number of nitrogens with one attached hydrogen (secondary N) is 1. The molecule has 1 saturated heterocycles. The minimum absolute atomic E-state index is 0.182. The molecule has 25 heavy (non-hydrogen) atoms. The maximum absolute atomic E-state index is 13.6. The minimum atomic E-state index is -0.742. The lowest BCUT2D eigenvalue weighted by Crippen LogP contribution is -2.47. The Morgan fingerprint density at radius 3 is 2.80 bits per heavy atom. The van der Waals surface area contributed by atoms with Crippen LogP contribution in [0.4, 0.5) is 8.78 Å². The Bertz CT molecular complexity index is 725. The summed E-state index contributed by atoms with van der Waals surface area (Å²) >= 11 is 0. The van der Waals surface area contributed by atoms with E-state index in [9.17, 15) is 13.6 Å². The third-order valence-electron chi connectivity index (χ3n) is 4.14. The van der Waals surface area contributed by atoms with Gasteiger partial charge in [0.1, 0.15) is 11.6 Å². The average Bonchev–Trinajstić information content (AvgIpc) is 2.63. The van der Waals surface area contributed by atoms with Crippen molar-refractivity contribution in [1.29, 1.82) is 0 Å². The molecule has 4 nitrogen and oxygen atoms in total. The highest BCUT2D eigenvalue weighted by molar-refractivity contribution is 5.94. The van der Waals surface area contributed by atoms with Crippen LogP contribution in [0.3, 0.4) is 0 Å². The third-order valence-corrected chi connectivity index (χ3v) is 4.14. The van der Waals surface area contributed by atoms with Gasteiger partial charge < -0.3 is 10.1 Å². The van der Waals surface area contributed by atoms with Crippen LogP contribution < -0.4 is 5.32 Å². The van der Waals surface area contributed by atoms with E-state index < -0.39 is 17.5 Å². The summed E-state index contributed by atoms with van der Waals surface area (Å²) in [5.41, 5.74) is 0.922. The Morgan fingerprint density at radius 2 is 2.00 bits per heavy atom. The number of morpholine rings is 1. The molecule has 1 amide bonds. The average molecular weight is 346 g/mol. The molecule has 1 aliphatic heterocycles. The molecule has 1 unspecified atom stereocenters. The first-order valence-electron chi connectivity index (χ1n) is 8.23. The van der Waals surface area contributed by atoms with Gasteiger partial charge in [0.25, 0.3) is 5.91 Å². The molecule has 0 saturated carbocycles. The van der Waals surface area contributed by atoms with Crippen LogP contribution in [-0.2, 0) is 11.3 Å². The monoisotopic (exact) mass is 346 g/mol. The van der Waals surface area contributed by atoms with Crippen molar-refractivity contribution < 1.29 is 18.3 Å². The Morgan fingerprint density at radius 1 is 1.20 bits per heavy atom. The van der Waals surface area contributed by atoms with Crippen molar-refractivity contribution in [2.24, 2.45) is 0 Å². The summed E-state index contributed by atoms with van der Waals surface area (Å²) in [6, 6.07) is 12.9. The molecule has 1 N–H and O–H groups in total. The number of hydrogen-bond donors (Lipinski definition) is 1. The SMILES string of the molecule is O=C(NCC1CN(Cc2ccccc2)CCO1)c1cc(F)ccc1F. The first kappa shape index (κ1) is 17.5. The summed E-state index contributed by atoms with van der Waals surface area (Å²) in [7, 11) is 0. The normalized spacial score (nSPS) is 18.1. The van der Waals surface area contributed by atoms with Crippen molar-refractivity contribution in [3.8, 4) is 0 Å². The van der Waals surface area contributed by atoms with Crippen LogP contribution in [0.1, 0.15) is 15.9 Å². The number of carbonyl (C=O) groups excluding carboxylic acids is 1. The van der Waals surface area contributed by atoms with Crippen LogP contribution in [0.15, 0.2) is 48.5 Å². The molecule has 0 aliphatic carbocycles. The van der Waals surface area contributed by atoms with E-state index in [4.69, 9.17) is 4.74 Å². The number of rotatable bonds is 5. The Kier molecular flexibility index (Phi) is 5.73. The zero-order chi connectivity index (χ0) is 17.6. The second-order valence-electron chi connectivity index (χ2n) is 6.05. The van der Waals surface area contributed by atoms with Gasteiger partial charge in [-0.1, -0.05) is 30.3 Å². The van der Waals surface area contributed by atoms with Gasteiger partial charge in [0.05, 0.1) is 18.3 Å². The molecular weight excluding hydrogens is 326 g/mol. The van der Waals surface area contributed by atoms with Crippen LogP contribution in [-0.4, -0.2) is 43.2 Å². The van der Waals surface area contributed by atoms with E-state index in [1.165, 1.54) is 5.56 Å². The van der Waals surface area contributed by atoms with Gasteiger partial charge in [0, 0.05) is 26.2 Å². The largest absolute Gasteiger partial charge is 0.374 e. The van der Waals surface area contributed by atoms with E-state index in [1.54, 1.807) is 0 Å². The van der Waals surface area contributed by atoms with Crippen molar-refractivity contribution in [1.82, 2.24) is 10.2 Å². The summed E-state index contributed by atoms with van der Waals surface area (Å²) < 4.78 is 32.5. The van der Waals surface area contributed by atoms with E-state index in [-0.39, 0.29) is 18.2 Å². The maximum Gasteiger partial charge on any atom is 0.254 e. The quantitative estimate of drug-likeness (QED) is 0.905. The highest BCUT2D eigenvalue weighted by atomic mass is 19.1. The van der Waals surface area contributed by atoms with Crippen LogP contribution in [0.5, 0.6) is 0 Å². The second-order valence-corrected chi connectivity index (χ2v) is 6.05. The first-order valence-corrected chi connectivity index (χ1v) is 8.23. The van der Waals surface area contributed by atoms with E-state index in [0.29, 0.717) is 13.2 Å². The second kappa shape index (κ2) is 8.18. The summed E-state index contributed by atoms with van der Waals surface area (Å²) in [5, 5.41) is 2.62. The van der Waals surface area contributed by atoms with Crippen molar-refractivity contribution in [2.75, 3.05) is 26.2 Å². The Hall–Kier alpha value is -2.31. The molecule has 1 fully saturated rings. The van der Waals surface area contributed by atoms with Gasteiger partial charge in [0.15, 0.2) is 0 Å². The lowest BCUT2D eigenvalue weighted by Gasteiger charge is -2.33. The smallest absolute Gasteiger partial charge is 0.254 e. The van der Waals surface area contributed by atoms with Gasteiger partial charge in [-0.2, -0.15) is 0 Å². The molecule has 6 heteroatoms. The lowest BCUT2D eigenvalue weighted by atomic mass is 10.1. The zero-order valence-corrected chi connectivity index (χ0v) is 13.8. The molecule has 0 aromatic heterocycles. The molecule has 1 atom stereocenters. The topological polar surface area (TPSA) is 41.6 Å². The number of halogens is 2. The van der Waals surface area contributed by atoms with Crippen LogP contribution in [0.25, 0.3) is 0 Å². The fourth-order valence-electron chi connectivity index (χ4n) is 2.86. The summed E-state index contributed by atoms with van der Waals surface area (Å²) in [6.07, 6.45) is -0.182. The molecular formula is C19H20F2N2O2. The number of benzene rings is 2. The van der Waals surface area contributed by atoms with Crippen LogP contribution in [0.2, 0.25) is 0 Å². The summed E-state index contributed by atoms with van der Waals surface area (Å²) in [6.45, 7) is 3.12. The van der Waals surface area contributed by atoms with Crippen molar-refractivity contribution in [3.63, 3.8) is 0 Å². The number of carbonyl (C=O) groups is 1. The third kappa shape index (κ3) is 4.84. The predicted molar refractivity (Wildman–Crippen MR) is 90.2 cm³/mol. The molecule has 2 aromatic carbocycles. The number of hydrogen-bond acceptors (Lipinski definition) is 3. The summed E-state index contributed by atoms with van der Waals surface area (Å²) in [5.74, 6) is -2.02. The molecule has 3 rings (SSSR count). The maximum atomic E-state index is 13.6. The molecule has 0 bridgehead atoms. The number of amides is 1. The summed E-state index contributed by atoms with van der Waals surface area (Å²) in [4.78, 5) is 14.3. The molecule has 0 spiro atoms. The Labute approximate surface area is 145 Å². The molecule has 0 radical (unpaired) electrons. The van der Waals surface area contributed by atoms with Gasteiger partial charge in [-0.05, 0) is 23.8 Å². The zero-order valence-electron chi connectivity index (χ0n) is 13.8. The number of nitrogens with zero attached hydrogens (tertiary/aromatic N) is 1. The van der Waals surface area contributed by atoms with E-state index >= 15 is 0 Å². The molecule has 1 heterocycles. The van der Waals surface area contributed by atoms with Crippen LogP contribution >= 0.6 is 0 Å². The first-order chi connectivity index (χ1) is 12.1. The van der Waals surface area contributed by atoms with E-state index in [0.717, 1.165) is 31.3 Å². The number of ether oxygens (including phenoxy) is 1. The van der Waals surface area contributed by atoms with Crippen molar-refractivity contribution in [3.05, 3.63) is 71.3 Å². The fourth-order valence-corrected chi connectivity index (χ4v) is 2.86. The Balaban J connectivity index is 1.52. The van der Waals surface area contributed by atoms with Gasteiger partial charge in [-0.25, -0.2) is 8.78 Å². The van der Waals surface area contributed by atoms with E-state index in [1.807, 2.05) is 18.2 Å². The highest BCUT2D eigenvalue weighted by Gasteiger charge is 2.22. The van der Waals surface area contributed by atoms with Gasteiger partial charge in [0.2, 0.25) is 0 Å². The van der Waals surface area contributed by atoms with Crippen molar-refractivity contribution in [2.45, 2.75) is 12.6 Å². The van der Waals surface area contributed by atoms with Gasteiger partial charge in [-0.15, -0.1) is 0 Å². The fraction of sp³-hybridized carbons (Fsp3) is 0.316. The minimum Gasteiger partial charge on any atom is -0.374 e. The van der Waals surface area contributed by atoms with Gasteiger partial charge in [-0.3, -0.25) is 9.69 Å². The standard InChI is InChI=1S/C19H20F2N2O2/c20-15-6-7-18(21)17(10-15)19(24)22-11-16-13-23(8-9-25-16)12-14-4-2-1-3-5-14/h1-7,10,16H,8-9,11-13H2,(H,22,24). The molecule has 132 valence electrons. The molecule has 2 aromatic rings.